The SMILES string of the molecule is Cl.O=Cc1ccc([N+](=O)[O-])cc1. The molecule has 0 fully saturated rings. The molecular formula is C7H6ClNO3. The molecule has 0 amide bonds. The number of rotatable bonds is 2. The summed E-state index contributed by atoms with van der Waals surface area (Å²) in [6.07, 6.45) is 0.643. The van der Waals surface area contributed by atoms with E-state index >= 15 is 0 Å². The molecule has 0 heterocycles. The summed E-state index contributed by atoms with van der Waals surface area (Å²) in [6.45, 7) is 0. The van der Waals surface area contributed by atoms with E-state index in [4.69, 9.17) is 0 Å². The highest BCUT2D eigenvalue weighted by Crippen LogP contribution is 2.09. The molecule has 0 bridgehead atoms. The van der Waals surface area contributed by atoms with Crippen molar-refractivity contribution in [1.82, 2.24) is 0 Å². The van der Waals surface area contributed by atoms with Gasteiger partial charge in [0.05, 0.1) is 4.92 Å². The van der Waals surface area contributed by atoms with Crippen molar-refractivity contribution in [1.29, 1.82) is 0 Å². The molecule has 0 saturated heterocycles. The van der Waals surface area contributed by atoms with Crippen LogP contribution >= 0.6 is 12.4 Å². The lowest BCUT2D eigenvalue weighted by Gasteiger charge is -1.89. The molecule has 0 aliphatic heterocycles. The van der Waals surface area contributed by atoms with Gasteiger partial charge in [0, 0.05) is 17.7 Å². The van der Waals surface area contributed by atoms with Gasteiger partial charge in [0.2, 0.25) is 0 Å². The van der Waals surface area contributed by atoms with Gasteiger partial charge in [0.1, 0.15) is 6.29 Å². The van der Waals surface area contributed by atoms with Gasteiger partial charge in [-0.3, -0.25) is 14.9 Å². The van der Waals surface area contributed by atoms with Gasteiger partial charge in [0.25, 0.3) is 5.69 Å². The fourth-order valence-corrected chi connectivity index (χ4v) is 0.675. The second-order valence-corrected chi connectivity index (χ2v) is 1.97. The summed E-state index contributed by atoms with van der Waals surface area (Å²) >= 11 is 0. The van der Waals surface area contributed by atoms with Gasteiger partial charge in [-0.1, -0.05) is 0 Å². The number of non-ortho nitro benzene ring substituents is 1. The first-order valence-electron chi connectivity index (χ1n) is 2.93. The zero-order valence-corrected chi connectivity index (χ0v) is 6.78. The van der Waals surface area contributed by atoms with Crippen LogP contribution in [-0.2, 0) is 0 Å². The second-order valence-electron chi connectivity index (χ2n) is 1.97. The molecule has 0 radical (unpaired) electrons. The van der Waals surface area contributed by atoms with E-state index in [-0.39, 0.29) is 18.1 Å². The van der Waals surface area contributed by atoms with Crippen molar-refractivity contribution >= 4 is 24.4 Å². The number of hydrogen-bond donors (Lipinski definition) is 0. The molecule has 12 heavy (non-hydrogen) atoms. The standard InChI is InChI=1S/C7H5NO3.ClH/c9-5-6-1-3-7(4-2-6)8(10)11;/h1-5H;1H. The summed E-state index contributed by atoms with van der Waals surface area (Å²) in [5, 5.41) is 10.1. The van der Waals surface area contributed by atoms with Crippen LogP contribution in [0.1, 0.15) is 10.4 Å². The summed E-state index contributed by atoms with van der Waals surface area (Å²) in [5.74, 6) is 0. The number of carbonyl (C=O) groups is 1. The minimum atomic E-state index is -0.505. The molecule has 0 aliphatic carbocycles. The van der Waals surface area contributed by atoms with Crippen molar-refractivity contribution < 1.29 is 9.72 Å². The summed E-state index contributed by atoms with van der Waals surface area (Å²) in [7, 11) is 0. The average molecular weight is 188 g/mol. The Morgan fingerprint density at radius 1 is 1.25 bits per heavy atom. The summed E-state index contributed by atoms with van der Waals surface area (Å²) in [4.78, 5) is 19.7. The van der Waals surface area contributed by atoms with E-state index in [1.165, 1.54) is 24.3 Å². The first kappa shape index (κ1) is 10.6. The number of benzene rings is 1. The van der Waals surface area contributed by atoms with Crippen LogP contribution in [0.15, 0.2) is 24.3 Å². The number of nitro groups is 1. The van der Waals surface area contributed by atoms with Crippen molar-refractivity contribution in [2.75, 3.05) is 0 Å². The Labute approximate surface area is 74.8 Å². The van der Waals surface area contributed by atoms with Crippen LogP contribution in [-0.4, -0.2) is 11.2 Å². The predicted molar refractivity (Wildman–Crippen MR) is 45.7 cm³/mol. The molecule has 0 saturated carbocycles. The molecular weight excluding hydrogens is 182 g/mol. The fourth-order valence-electron chi connectivity index (χ4n) is 0.675. The van der Waals surface area contributed by atoms with E-state index in [1.807, 2.05) is 0 Å². The van der Waals surface area contributed by atoms with Crippen molar-refractivity contribution in [2.24, 2.45) is 0 Å². The van der Waals surface area contributed by atoms with Gasteiger partial charge in [-0.15, -0.1) is 12.4 Å². The number of hydrogen-bond acceptors (Lipinski definition) is 3. The lowest BCUT2D eigenvalue weighted by atomic mass is 10.2. The number of aldehydes is 1. The number of nitrogens with zero attached hydrogens (tertiary/aromatic N) is 1. The van der Waals surface area contributed by atoms with Crippen LogP contribution in [0.5, 0.6) is 0 Å². The molecule has 5 heteroatoms. The number of carbonyl (C=O) groups excluding carboxylic acids is 1. The maximum absolute atomic E-state index is 10.1. The highest BCUT2D eigenvalue weighted by molar-refractivity contribution is 5.85. The van der Waals surface area contributed by atoms with E-state index in [0.29, 0.717) is 11.8 Å². The Kier molecular flexibility index (Phi) is 3.93. The van der Waals surface area contributed by atoms with Crippen molar-refractivity contribution in [3.05, 3.63) is 39.9 Å². The Balaban J connectivity index is 0.00000121. The maximum Gasteiger partial charge on any atom is 0.269 e. The van der Waals surface area contributed by atoms with Gasteiger partial charge < -0.3 is 0 Å². The molecule has 64 valence electrons. The molecule has 0 unspecified atom stereocenters. The Hall–Kier alpha value is -1.42. The molecule has 4 nitrogen and oxygen atoms in total. The molecule has 0 aliphatic rings. The highest BCUT2D eigenvalue weighted by atomic mass is 35.5. The van der Waals surface area contributed by atoms with Gasteiger partial charge in [0.15, 0.2) is 0 Å². The first-order chi connectivity index (χ1) is 5.24. The second kappa shape index (κ2) is 4.46. The number of halogens is 1. The smallest absolute Gasteiger partial charge is 0.269 e. The average Bonchev–Trinajstić information content (AvgIpc) is 2.05. The van der Waals surface area contributed by atoms with Crippen LogP contribution in [0.2, 0.25) is 0 Å². The largest absolute Gasteiger partial charge is 0.298 e. The minimum absolute atomic E-state index is 0. The zero-order valence-electron chi connectivity index (χ0n) is 5.97. The molecule has 0 atom stereocenters. The van der Waals surface area contributed by atoms with Crippen LogP contribution in [0.3, 0.4) is 0 Å². The minimum Gasteiger partial charge on any atom is -0.298 e. The maximum atomic E-state index is 10.1. The summed E-state index contributed by atoms with van der Waals surface area (Å²) < 4.78 is 0. The third-order valence-electron chi connectivity index (χ3n) is 1.24. The van der Waals surface area contributed by atoms with E-state index in [2.05, 4.69) is 0 Å². The molecule has 1 aromatic rings. The monoisotopic (exact) mass is 187 g/mol. The molecule has 0 aromatic heterocycles. The highest BCUT2D eigenvalue weighted by Gasteiger charge is 2.02. The Morgan fingerprint density at radius 3 is 2.08 bits per heavy atom. The normalized spacial score (nSPS) is 8.33. The quantitative estimate of drug-likeness (QED) is 0.403. The van der Waals surface area contributed by atoms with E-state index < -0.39 is 4.92 Å². The fraction of sp³-hybridized carbons (Fsp3) is 0. The van der Waals surface area contributed by atoms with Crippen LogP contribution in [0.25, 0.3) is 0 Å². The molecule has 0 spiro atoms. The van der Waals surface area contributed by atoms with Crippen molar-refractivity contribution in [2.45, 2.75) is 0 Å². The molecule has 0 N–H and O–H groups in total. The van der Waals surface area contributed by atoms with Crippen molar-refractivity contribution in [3.63, 3.8) is 0 Å². The van der Waals surface area contributed by atoms with E-state index in [1.54, 1.807) is 0 Å². The topological polar surface area (TPSA) is 60.2 Å². The van der Waals surface area contributed by atoms with Gasteiger partial charge in [-0.2, -0.15) is 0 Å². The Morgan fingerprint density at radius 2 is 1.75 bits per heavy atom. The number of nitro benzene ring substituents is 1. The van der Waals surface area contributed by atoms with Crippen LogP contribution < -0.4 is 0 Å². The Bertz CT molecular complexity index is 283. The summed E-state index contributed by atoms with van der Waals surface area (Å²) in [5.41, 5.74) is 0.436. The first-order valence-corrected chi connectivity index (χ1v) is 2.93. The van der Waals surface area contributed by atoms with E-state index in [0.717, 1.165) is 0 Å². The lowest BCUT2D eigenvalue weighted by molar-refractivity contribution is -0.384. The lowest BCUT2D eigenvalue weighted by Crippen LogP contribution is -1.87. The predicted octanol–water partition coefficient (Wildman–Crippen LogP) is 1.83. The van der Waals surface area contributed by atoms with Gasteiger partial charge in [-0.25, -0.2) is 0 Å². The summed E-state index contributed by atoms with van der Waals surface area (Å²) in [6, 6.07) is 5.41. The zero-order chi connectivity index (χ0) is 8.27. The van der Waals surface area contributed by atoms with Crippen molar-refractivity contribution in [3.8, 4) is 0 Å². The van der Waals surface area contributed by atoms with Crippen LogP contribution in [0.4, 0.5) is 5.69 Å². The van der Waals surface area contributed by atoms with Crippen LogP contribution in [0, 0.1) is 10.1 Å². The third-order valence-corrected chi connectivity index (χ3v) is 1.24. The third kappa shape index (κ3) is 2.32. The van der Waals surface area contributed by atoms with Gasteiger partial charge >= 0.3 is 0 Å². The molecule has 1 rings (SSSR count). The molecule has 1 aromatic carbocycles. The van der Waals surface area contributed by atoms with E-state index in [9.17, 15) is 14.9 Å². The van der Waals surface area contributed by atoms with Gasteiger partial charge in [-0.05, 0) is 12.1 Å².